The third kappa shape index (κ3) is 4.97. The molecule has 6 rings (SSSR count). The van der Waals surface area contributed by atoms with E-state index in [1.54, 1.807) is 14.2 Å². The highest BCUT2D eigenvalue weighted by atomic mass is 16.5. The van der Waals surface area contributed by atoms with Crippen molar-refractivity contribution in [3.63, 3.8) is 0 Å². The first-order valence-electron chi connectivity index (χ1n) is 13.9. The highest BCUT2D eigenvalue weighted by Gasteiger charge is 2.25. The quantitative estimate of drug-likeness (QED) is 0.290. The van der Waals surface area contributed by atoms with Crippen molar-refractivity contribution in [2.45, 2.75) is 32.9 Å². The Hall–Kier alpha value is -4.10. The minimum absolute atomic E-state index is 0.390. The van der Waals surface area contributed by atoms with Crippen LogP contribution in [0.5, 0.6) is 11.5 Å². The molecule has 7 nitrogen and oxygen atoms in total. The van der Waals surface area contributed by atoms with Gasteiger partial charge in [-0.05, 0) is 71.9 Å². The molecule has 2 unspecified atom stereocenters. The van der Waals surface area contributed by atoms with Gasteiger partial charge < -0.3 is 23.3 Å². The summed E-state index contributed by atoms with van der Waals surface area (Å²) in [6.45, 7) is 5.19. The maximum atomic E-state index is 9.46. The Kier molecular flexibility index (Phi) is 7.30. The molecule has 3 heterocycles. The maximum absolute atomic E-state index is 9.46. The lowest BCUT2D eigenvalue weighted by atomic mass is 9.95. The number of nitrogens with zero attached hydrogens (tertiary/aromatic N) is 3. The number of fused-ring (bicyclic) bond motifs is 1. The molecule has 40 heavy (non-hydrogen) atoms. The van der Waals surface area contributed by atoms with Crippen molar-refractivity contribution in [2.75, 3.05) is 27.4 Å². The van der Waals surface area contributed by atoms with Crippen LogP contribution in [0.3, 0.4) is 0 Å². The van der Waals surface area contributed by atoms with E-state index in [0.29, 0.717) is 23.9 Å². The van der Waals surface area contributed by atoms with Crippen LogP contribution in [0.15, 0.2) is 78.7 Å². The zero-order valence-electron chi connectivity index (χ0n) is 23.4. The van der Waals surface area contributed by atoms with E-state index < -0.39 is 0 Å². The van der Waals surface area contributed by atoms with Crippen LogP contribution in [0.2, 0.25) is 0 Å². The van der Waals surface area contributed by atoms with Gasteiger partial charge in [0.05, 0.1) is 38.2 Å². The molecular formula is C33H36N4O3. The number of allylic oxidation sites excluding steroid dienone is 4. The van der Waals surface area contributed by atoms with E-state index in [2.05, 4.69) is 54.0 Å². The molecule has 1 N–H and O–H groups in total. The highest BCUT2D eigenvalue weighted by Crippen LogP contribution is 2.41. The molecule has 0 bridgehead atoms. The summed E-state index contributed by atoms with van der Waals surface area (Å²) in [5, 5.41) is 10.3. The second kappa shape index (κ2) is 11.2. The third-order valence-corrected chi connectivity index (χ3v) is 8.02. The predicted octanol–water partition coefficient (Wildman–Crippen LogP) is 6.23. The zero-order valence-corrected chi connectivity index (χ0v) is 23.4. The SMILES string of the molecule is COc1ccc(-c2c(-c3ccc(OC)cc3)n(CC3=CC=CC(C)C3)c3ncn(CC4CCOC4)c(=N)c23)cc1. The summed E-state index contributed by atoms with van der Waals surface area (Å²) in [5.41, 5.74) is 6.78. The molecule has 2 aromatic carbocycles. The minimum Gasteiger partial charge on any atom is -0.497 e. The number of hydrogen-bond donors (Lipinski definition) is 1. The first-order valence-corrected chi connectivity index (χ1v) is 13.9. The highest BCUT2D eigenvalue weighted by molar-refractivity contribution is 6.02. The summed E-state index contributed by atoms with van der Waals surface area (Å²) in [4.78, 5) is 5.04. The third-order valence-electron chi connectivity index (χ3n) is 8.02. The van der Waals surface area contributed by atoms with Crippen LogP contribution < -0.4 is 15.0 Å². The second-order valence-electron chi connectivity index (χ2n) is 10.8. The van der Waals surface area contributed by atoms with Gasteiger partial charge in [-0.3, -0.25) is 5.41 Å². The van der Waals surface area contributed by atoms with Gasteiger partial charge in [0, 0.05) is 31.2 Å². The van der Waals surface area contributed by atoms with Crippen molar-refractivity contribution < 1.29 is 14.2 Å². The molecule has 1 saturated heterocycles. The van der Waals surface area contributed by atoms with Gasteiger partial charge in [-0.25, -0.2) is 4.98 Å². The Morgan fingerprint density at radius 1 is 1.00 bits per heavy atom. The van der Waals surface area contributed by atoms with Gasteiger partial charge in [0.25, 0.3) is 0 Å². The Morgan fingerprint density at radius 2 is 1.70 bits per heavy atom. The van der Waals surface area contributed by atoms with Crippen LogP contribution in [0.25, 0.3) is 33.4 Å². The molecule has 7 heteroatoms. The number of nitrogens with one attached hydrogen (secondary N) is 1. The number of rotatable bonds is 8. The van der Waals surface area contributed by atoms with Gasteiger partial charge >= 0.3 is 0 Å². The molecule has 2 aliphatic rings. The van der Waals surface area contributed by atoms with Gasteiger partial charge in [0.15, 0.2) is 0 Å². The standard InChI is InChI=1S/C33H36N4O3/c1-22-5-4-6-23(17-22)19-37-31(26-9-13-28(39-3)14-10-26)29(25-7-11-27(38-2)12-8-25)30-32(34)36(21-35-33(30)37)18-24-15-16-40-20-24/h4-14,21-22,24,34H,15-20H2,1-3H3. The molecule has 1 fully saturated rings. The molecule has 2 atom stereocenters. The molecule has 0 radical (unpaired) electrons. The first kappa shape index (κ1) is 26.1. The number of hydrogen-bond acceptors (Lipinski definition) is 5. The molecular weight excluding hydrogens is 500 g/mol. The van der Waals surface area contributed by atoms with Crippen molar-refractivity contribution in [3.05, 3.63) is 84.1 Å². The van der Waals surface area contributed by atoms with Gasteiger partial charge in [-0.2, -0.15) is 0 Å². The Labute approximate surface area is 234 Å². The molecule has 4 aromatic rings. The van der Waals surface area contributed by atoms with E-state index >= 15 is 0 Å². The Bertz CT molecular complexity index is 1620. The smallest absolute Gasteiger partial charge is 0.146 e. The van der Waals surface area contributed by atoms with E-state index in [-0.39, 0.29) is 0 Å². The average Bonchev–Trinajstić information content (AvgIpc) is 3.61. The van der Waals surface area contributed by atoms with Gasteiger partial charge in [0.2, 0.25) is 0 Å². The molecule has 0 amide bonds. The molecule has 1 aliphatic heterocycles. The van der Waals surface area contributed by atoms with Crippen LogP contribution >= 0.6 is 0 Å². The van der Waals surface area contributed by atoms with Crippen LogP contribution in [0.4, 0.5) is 0 Å². The lowest BCUT2D eigenvalue weighted by Gasteiger charge is -2.18. The maximum Gasteiger partial charge on any atom is 0.146 e. The fourth-order valence-electron chi connectivity index (χ4n) is 5.93. The lowest BCUT2D eigenvalue weighted by Crippen LogP contribution is -2.25. The minimum atomic E-state index is 0.390. The fraction of sp³-hybridized carbons (Fsp3) is 0.333. The van der Waals surface area contributed by atoms with Crippen molar-refractivity contribution in [2.24, 2.45) is 11.8 Å². The fourth-order valence-corrected chi connectivity index (χ4v) is 5.93. The average molecular weight is 537 g/mol. The summed E-state index contributed by atoms with van der Waals surface area (Å²) in [6, 6.07) is 16.3. The van der Waals surface area contributed by atoms with Crippen LogP contribution in [-0.4, -0.2) is 41.6 Å². The summed E-state index contributed by atoms with van der Waals surface area (Å²) in [7, 11) is 3.36. The van der Waals surface area contributed by atoms with E-state index in [9.17, 15) is 5.41 Å². The molecule has 1 aliphatic carbocycles. The summed E-state index contributed by atoms with van der Waals surface area (Å²) in [5.74, 6) is 2.49. The molecule has 2 aromatic heterocycles. The normalized spacial score (nSPS) is 18.7. The van der Waals surface area contributed by atoms with E-state index in [1.807, 2.05) is 35.2 Å². The van der Waals surface area contributed by atoms with E-state index in [0.717, 1.165) is 77.5 Å². The van der Waals surface area contributed by atoms with Crippen molar-refractivity contribution in [3.8, 4) is 33.9 Å². The Morgan fingerprint density at radius 3 is 2.33 bits per heavy atom. The molecule has 0 saturated carbocycles. The number of benzene rings is 2. The van der Waals surface area contributed by atoms with E-state index in [4.69, 9.17) is 19.2 Å². The number of ether oxygens (including phenoxy) is 3. The topological polar surface area (TPSA) is 74.3 Å². The van der Waals surface area contributed by atoms with Gasteiger partial charge in [0.1, 0.15) is 22.6 Å². The van der Waals surface area contributed by atoms with Crippen LogP contribution in [0, 0.1) is 17.2 Å². The monoisotopic (exact) mass is 536 g/mol. The summed E-state index contributed by atoms with van der Waals surface area (Å²) in [6.07, 6.45) is 10.5. The van der Waals surface area contributed by atoms with Crippen LogP contribution in [0.1, 0.15) is 19.8 Å². The molecule has 206 valence electrons. The van der Waals surface area contributed by atoms with Gasteiger partial charge in [-0.1, -0.05) is 37.3 Å². The summed E-state index contributed by atoms with van der Waals surface area (Å²) < 4.78 is 20.9. The number of methoxy groups -OCH3 is 2. The van der Waals surface area contributed by atoms with Crippen molar-refractivity contribution in [1.82, 2.24) is 14.1 Å². The van der Waals surface area contributed by atoms with Crippen molar-refractivity contribution in [1.29, 1.82) is 5.41 Å². The van der Waals surface area contributed by atoms with E-state index in [1.165, 1.54) is 5.57 Å². The largest absolute Gasteiger partial charge is 0.497 e. The lowest BCUT2D eigenvalue weighted by molar-refractivity contribution is 0.182. The zero-order chi connectivity index (χ0) is 27.6. The molecule has 0 spiro atoms. The number of aromatic nitrogens is 3. The first-order chi connectivity index (χ1) is 19.6. The van der Waals surface area contributed by atoms with Crippen molar-refractivity contribution >= 4 is 11.0 Å². The second-order valence-corrected chi connectivity index (χ2v) is 10.8. The Balaban J connectivity index is 1.62. The summed E-state index contributed by atoms with van der Waals surface area (Å²) >= 11 is 0. The van der Waals surface area contributed by atoms with Gasteiger partial charge in [-0.15, -0.1) is 0 Å². The predicted molar refractivity (Wildman–Crippen MR) is 157 cm³/mol. The van der Waals surface area contributed by atoms with Crippen LogP contribution in [-0.2, 0) is 17.8 Å².